The second-order valence-electron chi connectivity index (χ2n) is 4.75. The molecule has 1 heterocycles. The molecule has 1 aromatic heterocycles. The molecule has 0 aliphatic carbocycles. The summed E-state index contributed by atoms with van der Waals surface area (Å²) in [4.78, 5) is 1.08. The fourth-order valence-corrected chi connectivity index (χ4v) is 2.81. The third-order valence-corrected chi connectivity index (χ3v) is 3.91. The van der Waals surface area contributed by atoms with E-state index in [1.807, 2.05) is 0 Å². The largest absolute Gasteiger partial charge is 0.320 e. The Labute approximate surface area is 112 Å². The summed E-state index contributed by atoms with van der Waals surface area (Å²) in [7, 11) is 0. The minimum atomic E-state index is -0.117. The van der Waals surface area contributed by atoms with Gasteiger partial charge in [-0.25, -0.2) is 0 Å². The van der Waals surface area contributed by atoms with Crippen LogP contribution in [0.1, 0.15) is 54.4 Å². The lowest BCUT2D eigenvalue weighted by atomic mass is 9.99. The minimum Gasteiger partial charge on any atom is -0.320 e. The van der Waals surface area contributed by atoms with Crippen molar-refractivity contribution in [3.05, 3.63) is 46.0 Å². The Balaban J connectivity index is 2.35. The van der Waals surface area contributed by atoms with Gasteiger partial charge in [0.15, 0.2) is 0 Å². The number of nitrogens with zero attached hydrogens (tertiary/aromatic N) is 2. The number of hydrogen-bond donors (Lipinski definition) is 1. The molecular weight excluding hydrogens is 242 g/mol. The molecule has 1 unspecified atom stereocenters. The molecule has 96 valence electrons. The van der Waals surface area contributed by atoms with Crippen LogP contribution in [0.15, 0.2) is 24.3 Å². The number of nitrogens with two attached hydrogens (primary N) is 1. The van der Waals surface area contributed by atoms with Crippen LogP contribution in [0, 0.1) is 0 Å². The van der Waals surface area contributed by atoms with Crippen LogP contribution in [0.2, 0.25) is 0 Å². The first-order valence-corrected chi connectivity index (χ1v) is 7.07. The van der Waals surface area contributed by atoms with Crippen molar-refractivity contribution in [2.24, 2.45) is 5.73 Å². The van der Waals surface area contributed by atoms with Crippen LogP contribution in [-0.4, -0.2) is 9.59 Å². The van der Waals surface area contributed by atoms with Crippen LogP contribution in [0.5, 0.6) is 0 Å². The fraction of sp³-hybridized carbons (Fsp3) is 0.429. The van der Waals surface area contributed by atoms with Gasteiger partial charge in [0.2, 0.25) is 0 Å². The zero-order chi connectivity index (χ0) is 13.1. The fourth-order valence-electron chi connectivity index (χ4n) is 1.98. The van der Waals surface area contributed by atoms with Crippen LogP contribution in [0.25, 0.3) is 0 Å². The second kappa shape index (κ2) is 5.59. The Kier molecular flexibility index (Phi) is 4.09. The van der Waals surface area contributed by atoms with E-state index in [1.165, 1.54) is 17.1 Å². The van der Waals surface area contributed by atoms with Crippen molar-refractivity contribution in [1.29, 1.82) is 0 Å². The van der Waals surface area contributed by atoms with E-state index in [0.717, 1.165) is 22.6 Å². The van der Waals surface area contributed by atoms with E-state index in [9.17, 15) is 0 Å². The van der Waals surface area contributed by atoms with Crippen molar-refractivity contribution < 1.29 is 0 Å². The van der Waals surface area contributed by atoms with Gasteiger partial charge < -0.3 is 5.73 Å². The summed E-state index contributed by atoms with van der Waals surface area (Å²) in [5.41, 5.74) is 9.83. The Hall–Kier alpha value is -1.26. The molecule has 1 aromatic carbocycles. The van der Waals surface area contributed by atoms with E-state index in [2.05, 4.69) is 54.6 Å². The number of aromatic nitrogens is 2. The van der Waals surface area contributed by atoms with Gasteiger partial charge in [-0.05, 0) is 35.0 Å². The third kappa shape index (κ3) is 2.60. The first-order valence-electron chi connectivity index (χ1n) is 6.30. The van der Waals surface area contributed by atoms with E-state index in [4.69, 9.17) is 5.73 Å². The van der Waals surface area contributed by atoms with Gasteiger partial charge in [0.1, 0.15) is 0 Å². The summed E-state index contributed by atoms with van der Waals surface area (Å²) >= 11 is 1.41. The number of rotatable bonds is 4. The highest BCUT2D eigenvalue weighted by molar-refractivity contribution is 7.05. The Morgan fingerprint density at radius 1 is 1.33 bits per heavy atom. The van der Waals surface area contributed by atoms with Crippen molar-refractivity contribution in [3.63, 3.8) is 0 Å². The molecule has 0 radical (unpaired) electrons. The van der Waals surface area contributed by atoms with E-state index < -0.39 is 0 Å². The average Bonchev–Trinajstić information content (AvgIpc) is 2.87. The normalized spacial score (nSPS) is 12.9. The molecule has 0 fully saturated rings. The summed E-state index contributed by atoms with van der Waals surface area (Å²) in [6.45, 7) is 6.39. The summed E-state index contributed by atoms with van der Waals surface area (Å²) in [5.74, 6) is 0.360. The van der Waals surface area contributed by atoms with Crippen LogP contribution in [0.3, 0.4) is 0 Å². The standard InChI is InChI=1S/C14H19N3S/c1-4-10-6-5-7-11(8-10)12(15)14-13(9(2)3)16-17-18-14/h5-9,12H,4,15H2,1-3H3. The zero-order valence-corrected chi connectivity index (χ0v) is 11.9. The van der Waals surface area contributed by atoms with Crippen molar-refractivity contribution in [1.82, 2.24) is 9.59 Å². The van der Waals surface area contributed by atoms with Gasteiger partial charge >= 0.3 is 0 Å². The lowest BCUT2D eigenvalue weighted by molar-refractivity contribution is 0.770. The summed E-state index contributed by atoms with van der Waals surface area (Å²) in [6, 6.07) is 8.33. The topological polar surface area (TPSA) is 51.8 Å². The van der Waals surface area contributed by atoms with Gasteiger partial charge in [0.05, 0.1) is 16.6 Å². The molecule has 4 heteroatoms. The number of benzene rings is 1. The monoisotopic (exact) mass is 261 g/mol. The highest BCUT2D eigenvalue weighted by Crippen LogP contribution is 2.29. The van der Waals surface area contributed by atoms with Crippen molar-refractivity contribution >= 4 is 11.5 Å². The minimum absolute atomic E-state index is 0.117. The highest BCUT2D eigenvalue weighted by atomic mass is 32.1. The van der Waals surface area contributed by atoms with Gasteiger partial charge in [-0.3, -0.25) is 0 Å². The quantitative estimate of drug-likeness (QED) is 0.919. The molecule has 0 aliphatic heterocycles. The molecule has 2 N–H and O–H groups in total. The van der Waals surface area contributed by atoms with Crippen molar-refractivity contribution in [2.75, 3.05) is 0 Å². The van der Waals surface area contributed by atoms with E-state index in [1.54, 1.807) is 0 Å². The first-order chi connectivity index (χ1) is 8.63. The highest BCUT2D eigenvalue weighted by Gasteiger charge is 2.19. The first kappa shape index (κ1) is 13.2. The van der Waals surface area contributed by atoms with Crippen LogP contribution in [-0.2, 0) is 6.42 Å². The van der Waals surface area contributed by atoms with Gasteiger partial charge in [0.25, 0.3) is 0 Å². The number of hydrogen-bond acceptors (Lipinski definition) is 4. The van der Waals surface area contributed by atoms with E-state index in [-0.39, 0.29) is 6.04 Å². The molecule has 2 aromatic rings. The molecule has 0 aliphatic rings. The average molecular weight is 261 g/mol. The molecule has 0 bridgehead atoms. The van der Waals surface area contributed by atoms with Gasteiger partial charge in [-0.2, -0.15) is 0 Å². The summed E-state index contributed by atoms with van der Waals surface area (Å²) in [5, 5.41) is 4.19. The Bertz CT molecular complexity index is 519. The SMILES string of the molecule is CCc1cccc(C(N)c2snnc2C(C)C)c1. The van der Waals surface area contributed by atoms with E-state index >= 15 is 0 Å². The molecule has 0 saturated heterocycles. The Morgan fingerprint density at radius 3 is 2.78 bits per heavy atom. The smallest absolute Gasteiger partial charge is 0.0832 e. The molecule has 1 atom stereocenters. The molecule has 2 rings (SSSR count). The molecule has 0 amide bonds. The van der Waals surface area contributed by atoms with Crippen LogP contribution in [0.4, 0.5) is 0 Å². The summed E-state index contributed by atoms with van der Waals surface area (Å²) < 4.78 is 4.04. The molecule has 0 saturated carbocycles. The van der Waals surface area contributed by atoms with Crippen LogP contribution < -0.4 is 5.73 Å². The molecule has 3 nitrogen and oxygen atoms in total. The number of aryl methyl sites for hydroxylation is 1. The van der Waals surface area contributed by atoms with Gasteiger partial charge in [-0.15, -0.1) is 5.10 Å². The summed E-state index contributed by atoms with van der Waals surface area (Å²) in [6.07, 6.45) is 1.03. The molecule has 18 heavy (non-hydrogen) atoms. The Morgan fingerprint density at radius 2 is 2.11 bits per heavy atom. The van der Waals surface area contributed by atoms with Gasteiger partial charge in [0, 0.05) is 0 Å². The molecule has 0 spiro atoms. The predicted octanol–water partition coefficient (Wildman–Crippen LogP) is 3.27. The lowest BCUT2D eigenvalue weighted by Gasteiger charge is -2.13. The lowest BCUT2D eigenvalue weighted by Crippen LogP contribution is -2.13. The second-order valence-corrected chi connectivity index (χ2v) is 5.54. The van der Waals surface area contributed by atoms with Gasteiger partial charge in [-0.1, -0.05) is 49.5 Å². The predicted molar refractivity (Wildman–Crippen MR) is 75.8 cm³/mol. The third-order valence-electron chi connectivity index (χ3n) is 3.09. The molecular formula is C14H19N3S. The van der Waals surface area contributed by atoms with E-state index in [0.29, 0.717) is 5.92 Å². The maximum absolute atomic E-state index is 6.35. The maximum atomic E-state index is 6.35. The van der Waals surface area contributed by atoms with Crippen LogP contribution >= 0.6 is 11.5 Å². The zero-order valence-electron chi connectivity index (χ0n) is 11.1. The maximum Gasteiger partial charge on any atom is 0.0832 e. The van der Waals surface area contributed by atoms with Crippen molar-refractivity contribution in [2.45, 2.75) is 39.2 Å². The van der Waals surface area contributed by atoms with Crippen molar-refractivity contribution in [3.8, 4) is 0 Å².